The Labute approximate surface area is 105 Å². The Morgan fingerprint density at radius 1 is 1.29 bits per heavy atom. The molecule has 0 unspecified atom stereocenters. The van der Waals surface area contributed by atoms with Crippen molar-refractivity contribution in [3.63, 3.8) is 0 Å². The molecule has 1 N–H and O–H groups in total. The van der Waals surface area contributed by atoms with E-state index in [0.717, 1.165) is 21.3 Å². The van der Waals surface area contributed by atoms with Crippen molar-refractivity contribution in [2.45, 2.75) is 6.54 Å². The zero-order valence-corrected chi connectivity index (χ0v) is 10.4. The molecule has 0 radical (unpaired) electrons. The second-order valence-corrected chi connectivity index (χ2v) is 4.59. The highest BCUT2D eigenvalue weighted by Crippen LogP contribution is 2.22. The maximum Gasteiger partial charge on any atom is 0.326 e. The fourth-order valence-electron chi connectivity index (χ4n) is 1.88. The highest BCUT2D eigenvalue weighted by molar-refractivity contribution is 9.10. The average molecular weight is 293 g/mol. The van der Waals surface area contributed by atoms with Crippen molar-refractivity contribution in [2.24, 2.45) is 0 Å². The fourth-order valence-corrected chi connectivity index (χ4v) is 2.46. The summed E-state index contributed by atoms with van der Waals surface area (Å²) in [6.07, 6.45) is 1.60. The second kappa shape index (κ2) is 3.92. The second-order valence-electron chi connectivity index (χ2n) is 3.73. The summed E-state index contributed by atoms with van der Waals surface area (Å²) in [6, 6.07) is 9.33. The van der Waals surface area contributed by atoms with Crippen LogP contribution in [-0.4, -0.2) is 9.55 Å². The summed E-state index contributed by atoms with van der Waals surface area (Å²) in [5, 5.41) is 0. The number of H-pyrrole nitrogens is 1. The van der Waals surface area contributed by atoms with Gasteiger partial charge in [-0.05, 0) is 40.2 Å². The van der Waals surface area contributed by atoms with Gasteiger partial charge in [0.1, 0.15) is 5.76 Å². The number of fused-ring (bicyclic) bond motifs is 1. The minimum absolute atomic E-state index is 0.136. The Hall–Kier alpha value is -1.75. The Kier molecular flexibility index (Phi) is 2.40. The molecule has 0 fully saturated rings. The largest absolute Gasteiger partial charge is 0.467 e. The normalized spacial score (nSPS) is 11.1. The molecule has 0 spiro atoms. The van der Waals surface area contributed by atoms with E-state index in [2.05, 4.69) is 20.9 Å². The van der Waals surface area contributed by atoms with E-state index < -0.39 is 0 Å². The lowest BCUT2D eigenvalue weighted by atomic mass is 10.3. The lowest BCUT2D eigenvalue weighted by Crippen LogP contribution is -2.17. The summed E-state index contributed by atoms with van der Waals surface area (Å²) in [7, 11) is 0. The van der Waals surface area contributed by atoms with Crippen molar-refractivity contribution >= 4 is 27.0 Å². The van der Waals surface area contributed by atoms with Crippen LogP contribution in [0.25, 0.3) is 11.0 Å². The van der Waals surface area contributed by atoms with Crippen LogP contribution in [0.2, 0.25) is 0 Å². The number of aromatic nitrogens is 2. The molecule has 4 nitrogen and oxygen atoms in total. The smallest absolute Gasteiger partial charge is 0.326 e. The Morgan fingerprint density at radius 2 is 2.18 bits per heavy atom. The van der Waals surface area contributed by atoms with Crippen molar-refractivity contribution in [1.82, 2.24) is 9.55 Å². The topological polar surface area (TPSA) is 50.9 Å². The van der Waals surface area contributed by atoms with E-state index in [0.29, 0.717) is 6.54 Å². The van der Waals surface area contributed by atoms with Gasteiger partial charge in [-0.3, -0.25) is 4.57 Å². The van der Waals surface area contributed by atoms with E-state index in [1.54, 1.807) is 10.8 Å². The van der Waals surface area contributed by atoms with Crippen LogP contribution in [0.15, 0.2) is 50.3 Å². The van der Waals surface area contributed by atoms with Gasteiger partial charge < -0.3 is 9.40 Å². The third kappa shape index (κ3) is 1.72. The van der Waals surface area contributed by atoms with Crippen molar-refractivity contribution < 1.29 is 4.42 Å². The van der Waals surface area contributed by atoms with E-state index >= 15 is 0 Å². The van der Waals surface area contributed by atoms with Gasteiger partial charge in [0.05, 0.1) is 23.8 Å². The zero-order chi connectivity index (χ0) is 11.8. The van der Waals surface area contributed by atoms with Gasteiger partial charge in [0, 0.05) is 4.47 Å². The summed E-state index contributed by atoms with van der Waals surface area (Å²) in [4.78, 5) is 14.7. The van der Waals surface area contributed by atoms with Gasteiger partial charge in [0.15, 0.2) is 0 Å². The molecule has 0 aliphatic heterocycles. The van der Waals surface area contributed by atoms with Crippen LogP contribution in [0.3, 0.4) is 0 Å². The van der Waals surface area contributed by atoms with Gasteiger partial charge in [-0.1, -0.05) is 6.07 Å². The van der Waals surface area contributed by atoms with Gasteiger partial charge in [-0.25, -0.2) is 4.79 Å². The van der Waals surface area contributed by atoms with Crippen molar-refractivity contribution in [1.29, 1.82) is 0 Å². The molecule has 1 aromatic carbocycles. The number of benzene rings is 1. The highest BCUT2D eigenvalue weighted by Gasteiger charge is 2.10. The number of imidazole rings is 1. The summed E-state index contributed by atoms with van der Waals surface area (Å²) in [6.45, 7) is 0.425. The van der Waals surface area contributed by atoms with Gasteiger partial charge in [0.25, 0.3) is 0 Å². The predicted octanol–water partition coefficient (Wildman–Crippen LogP) is 2.73. The number of rotatable bonds is 2. The maximum absolute atomic E-state index is 11.9. The van der Waals surface area contributed by atoms with Crippen LogP contribution in [0.5, 0.6) is 0 Å². The maximum atomic E-state index is 11.9. The molecular weight excluding hydrogens is 284 g/mol. The molecule has 5 heteroatoms. The van der Waals surface area contributed by atoms with E-state index in [9.17, 15) is 4.79 Å². The minimum atomic E-state index is -0.136. The summed E-state index contributed by atoms with van der Waals surface area (Å²) in [5.74, 6) is 0.753. The first kappa shape index (κ1) is 10.4. The quantitative estimate of drug-likeness (QED) is 0.790. The molecular formula is C12H9BrN2O2. The van der Waals surface area contributed by atoms with E-state index in [4.69, 9.17) is 4.42 Å². The van der Waals surface area contributed by atoms with E-state index in [1.165, 1.54) is 0 Å². The fraction of sp³-hybridized carbons (Fsp3) is 0.0833. The standard InChI is InChI=1S/C12H9BrN2O2/c13-9-4-1-5-10-11(9)15(12(16)14-10)7-8-3-2-6-17-8/h1-6H,7H2,(H,14,16). The molecule has 0 aliphatic carbocycles. The number of hydrogen-bond acceptors (Lipinski definition) is 2. The molecule has 0 bridgehead atoms. The molecule has 17 heavy (non-hydrogen) atoms. The lowest BCUT2D eigenvalue weighted by Gasteiger charge is -2.02. The van der Waals surface area contributed by atoms with Crippen molar-refractivity contribution in [2.75, 3.05) is 0 Å². The van der Waals surface area contributed by atoms with Crippen LogP contribution in [-0.2, 0) is 6.54 Å². The first-order chi connectivity index (χ1) is 8.25. The third-order valence-electron chi connectivity index (χ3n) is 2.64. The molecule has 2 heterocycles. The van der Waals surface area contributed by atoms with Crippen LogP contribution >= 0.6 is 15.9 Å². The number of aromatic amines is 1. The molecule has 0 atom stereocenters. The number of hydrogen-bond donors (Lipinski definition) is 1. The number of halogens is 1. The summed E-state index contributed by atoms with van der Waals surface area (Å²) >= 11 is 3.45. The summed E-state index contributed by atoms with van der Waals surface area (Å²) < 4.78 is 7.80. The molecule has 2 aromatic heterocycles. The number of furan rings is 1. The van der Waals surface area contributed by atoms with Gasteiger partial charge in [0.2, 0.25) is 0 Å². The van der Waals surface area contributed by atoms with Crippen LogP contribution < -0.4 is 5.69 Å². The number of nitrogens with one attached hydrogen (secondary N) is 1. The molecule has 0 aliphatic rings. The van der Waals surface area contributed by atoms with Crippen LogP contribution in [0.4, 0.5) is 0 Å². The molecule has 86 valence electrons. The highest BCUT2D eigenvalue weighted by atomic mass is 79.9. The van der Waals surface area contributed by atoms with Crippen LogP contribution in [0.1, 0.15) is 5.76 Å². The average Bonchev–Trinajstić information content (AvgIpc) is 2.89. The van der Waals surface area contributed by atoms with Gasteiger partial charge >= 0.3 is 5.69 Å². The third-order valence-corrected chi connectivity index (χ3v) is 3.28. The van der Waals surface area contributed by atoms with Crippen molar-refractivity contribution in [3.05, 3.63) is 57.3 Å². The van der Waals surface area contributed by atoms with E-state index in [-0.39, 0.29) is 5.69 Å². The molecule has 0 saturated carbocycles. The summed E-state index contributed by atoms with van der Waals surface area (Å²) in [5.41, 5.74) is 1.54. The molecule has 3 rings (SSSR count). The number of nitrogens with zero attached hydrogens (tertiary/aromatic N) is 1. The Bertz CT molecular complexity index is 710. The van der Waals surface area contributed by atoms with Gasteiger partial charge in [-0.2, -0.15) is 0 Å². The first-order valence-electron chi connectivity index (χ1n) is 5.15. The van der Waals surface area contributed by atoms with E-state index in [1.807, 2.05) is 30.3 Å². The van der Waals surface area contributed by atoms with Gasteiger partial charge in [-0.15, -0.1) is 0 Å². The lowest BCUT2D eigenvalue weighted by molar-refractivity contribution is 0.493. The van der Waals surface area contributed by atoms with Crippen LogP contribution in [0, 0.1) is 0 Å². The Morgan fingerprint density at radius 3 is 2.94 bits per heavy atom. The SMILES string of the molecule is O=c1[nH]c2cccc(Br)c2n1Cc1ccco1. The molecule has 0 saturated heterocycles. The molecule has 3 aromatic rings. The zero-order valence-electron chi connectivity index (χ0n) is 8.81. The minimum Gasteiger partial charge on any atom is -0.467 e. The predicted molar refractivity (Wildman–Crippen MR) is 68.1 cm³/mol. The first-order valence-corrected chi connectivity index (χ1v) is 5.94. The van der Waals surface area contributed by atoms with Crippen molar-refractivity contribution in [3.8, 4) is 0 Å². The number of para-hydroxylation sites is 1. The Balaban J connectivity index is 2.21. The molecule has 0 amide bonds. The monoisotopic (exact) mass is 292 g/mol.